The van der Waals surface area contributed by atoms with Crippen LogP contribution in [0.4, 0.5) is 11.4 Å². The Morgan fingerprint density at radius 3 is 2.54 bits per heavy atom. The summed E-state index contributed by atoms with van der Waals surface area (Å²) in [7, 11) is 3.15. The number of fused-ring (bicyclic) bond motifs is 2. The summed E-state index contributed by atoms with van der Waals surface area (Å²) >= 11 is 12.7. The van der Waals surface area contributed by atoms with Gasteiger partial charge in [-0.1, -0.05) is 30.1 Å². The Bertz CT molecular complexity index is 1570. The second-order valence-electron chi connectivity index (χ2n) is 9.17. The standard InChI is InChI=1S/C29H28Cl2N4O4/c1-4-25(24-15-38-6-5-33-24)39-28-10-17-8-22-19(7-16(17)9-27(28)37-3)29(18(13-32)14-34-22)35-23-12-26(36-2)21(31)11-20(23)30/h7-12,14,24-25,33H,4-6,15H2,1-3H3,(H,34,35). The maximum Gasteiger partial charge on any atom is 0.162 e. The molecule has 5 rings (SSSR count). The second-order valence-corrected chi connectivity index (χ2v) is 9.98. The van der Waals surface area contributed by atoms with Crippen LogP contribution in [0.2, 0.25) is 10.0 Å². The smallest absolute Gasteiger partial charge is 0.162 e. The molecule has 2 unspecified atom stereocenters. The molecule has 0 radical (unpaired) electrons. The number of nitriles is 1. The van der Waals surface area contributed by atoms with Crippen LogP contribution < -0.4 is 24.8 Å². The van der Waals surface area contributed by atoms with Crippen LogP contribution in [0.5, 0.6) is 17.2 Å². The lowest BCUT2D eigenvalue weighted by Gasteiger charge is -2.31. The molecule has 2 N–H and O–H groups in total. The second kappa shape index (κ2) is 11.7. The predicted molar refractivity (Wildman–Crippen MR) is 154 cm³/mol. The first-order valence-electron chi connectivity index (χ1n) is 12.6. The average molecular weight is 567 g/mol. The minimum Gasteiger partial charge on any atom is -0.495 e. The fourth-order valence-corrected chi connectivity index (χ4v) is 5.28. The van der Waals surface area contributed by atoms with Crippen molar-refractivity contribution in [3.05, 3.63) is 58.2 Å². The summed E-state index contributed by atoms with van der Waals surface area (Å²) in [6.07, 6.45) is 2.27. The van der Waals surface area contributed by atoms with E-state index >= 15 is 0 Å². The van der Waals surface area contributed by atoms with Crippen molar-refractivity contribution >= 4 is 56.3 Å². The molecule has 0 bridgehead atoms. The van der Waals surface area contributed by atoms with Gasteiger partial charge in [0, 0.05) is 24.2 Å². The molecule has 1 fully saturated rings. The Balaban J connectivity index is 1.58. The van der Waals surface area contributed by atoms with Crippen LogP contribution in [0.15, 0.2) is 42.6 Å². The Morgan fingerprint density at radius 2 is 1.85 bits per heavy atom. The molecule has 1 aromatic heterocycles. The Hall–Kier alpha value is -3.48. The van der Waals surface area contributed by atoms with E-state index in [2.05, 4.69) is 28.6 Å². The lowest BCUT2D eigenvalue weighted by atomic mass is 10.0. The van der Waals surface area contributed by atoms with Gasteiger partial charge in [-0.15, -0.1) is 0 Å². The number of methoxy groups -OCH3 is 2. The number of ether oxygens (including phenoxy) is 4. The third-order valence-corrected chi connectivity index (χ3v) is 7.42. The van der Waals surface area contributed by atoms with E-state index in [1.165, 1.54) is 7.11 Å². The number of pyridine rings is 1. The molecule has 0 spiro atoms. The molecular weight excluding hydrogens is 539 g/mol. The summed E-state index contributed by atoms with van der Waals surface area (Å²) in [5.41, 5.74) is 2.19. The van der Waals surface area contributed by atoms with Crippen molar-refractivity contribution in [1.29, 1.82) is 5.26 Å². The van der Waals surface area contributed by atoms with Crippen LogP contribution in [0, 0.1) is 11.3 Å². The molecule has 1 saturated heterocycles. The van der Waals surface area contributed by atoms with Gasteiger partial charge in [0.2, 0.25) is 0 Å². The number of morpholine rings is 1. The highest BCUT2D eigenvalue weighted by Gasteiger charge is 2.25. The number of halogens is 2. The molecule has 0 amide bonds. The zero-order valence-corrected chi connectivity index (χ0v) is 23.3. The highest BCUT2D eigenvalue weighted by molar-refractivity contribution is 6.37. The first-order chi connectivity index (χ1) is 18.9. The summed E-state index contributed by atoms with van der Waals surface area (Å²) in [6.45, 7) is 4.19. The van der Waals surface area contributed by atoms with Crippen molar-refractivity contribution in [3.8, 4) is 23.3 Å². The predicted octanol–water partition coefficient (Wildman–Crippen LogP) is 6.47. The zero-order valence-electron chi connectivity index (χ0n) is 21.8. The van der Waals surface area contributed by atoms with Gasteiger partial charge >= 0.3 is 0 Å². The van der Waals surface area contributed by atoms with E-state index in [1.54, 1.807) is 25.4 Å². The van der Waals surface area contributed by atoms with Crippen molar-refractivity contribution in [1.82, 2.24) is 10.3 Å². The number of hydrogen-bond acceptors (Lipinski definition) is 8. The van der Waals surface area contributed by atoms with Gasteiger partial charge < -0.3 is 29.6 Å². The van der Waals surface area contributed by atoms with Crippen LogP contribution in [0.3, 0.4) is 0 Å². The zero-order chi connectivity index (χ0) is 27.5. The number of benzene rings is 3. The van der Waals surface area contributed by atoms with Gasteiger partial charge in [0.05, 0.1) is 66.0 Å². The third-order valence-electron chi connectivity index (χ3n) is 6.81. The molecule has 10 heteroatoms. The quantitative estimate of drug-likeness (QED) is 0.234. The molecule has 0 aliphatic carbocycles. The van der Waals surface area contributed by atoms with Gasteiger partial charge in [-0.25, -0.2) is 0 Å². The van der Waals surface area contributed by atoms with Crippen molar-refractivity contribution in [3.63, 3.8) is 0 Å². The maximum atomic E-state index is 9.86. The highest BCUT2D eigenvalue weighted by atomic mass is 35.5. The van der Waals surface area contributed by atoms with Crippen molar-refractivity contribution in [2.75, 3.05) is 39.3 Å². The van der Waals surface area contributed by atoms with Crippen molar-refractivity contribution in [2.45, 2.75) is 25.5 Å². The summed E-state index contributed by atoms with van der Waals surface area (Å²) in [6, 6.07) is 13.5. The van der Waals surface area contributed by atoms with Gasteiger partial charge in [0.15, 0.2) is 11.5 Å². The van der Waals surface area contributed by atoms with E-state index in [0.29, 0.717) is 63.0 Å². The van der Waals surface area contributed by atoms with Gasteiger partial charge in [0.1, 0.15) is 17.9 Å². The Morgan fingerprint density at radius 1 is 1.08 bits per heavy atom. The van der Waals surface area contributed by atoms with Crippen LogP contribution in [0.1, 0.15) is 18.9 Å². The fourth-order valence-electron chi connectivity index (χ4n) is 4.77. The largest absolute Gasteiger partial charge is 0.495 e. The molecule has 39 heavy (non-hydrogen) atoms. The maximum absolute atomic E-state index is 9.86. The molecule has 3 aromatic carbocycles. The molecule has 2 atom stereocenters. The molecular formula is C29H28Cl2N4O4. The lowest BCUT2D eigenvalue weighted by molar-refractivity contribution is 0.0259. The fraction of sp³-hybridized carbons (Fsp3) is 0.310. The monoisotopic (exact) mass is 566 g/mol. The van der Waals surface area contributed by atoms with Crippen LogP contribution in [0.25, 0.3) is 21.7 Å². The number of anilines is 2. The first kappa shape index (κ1) is 27.1. The minimum atomic E-state index is -0.0784. The normalized spacial score (nSPS) is 16.1. The molecule has 0 saturated carbocycles. The van der Waals surface area contributed by atoms with Crippen LogP contribution in [-0.4, -0.2) is 51.1 Å². The molecule has 8 nitrogen and oxygen atoms in total. The topological polar surface area (TPSA) is 97.7 Å². The van der Waals surface area contributed by atoms with E-state index < -0.39 is 0 Å². The van der Waals surface area contributed by atoms with Gasteiger partial charge in [-0.2, -0.15) is 5.26 Å². The molecule has 4 aromatic rings. The number of nitrogens with one attached hydrogen (secondary N) is 2. The van der Waals surface area contributed by atoms with Crippen molar-refractivity contribution in [2.24, 2.45) is 0 Å². The van der Waals surface area contributed by atoms with E-state index in [0.717, 1.165) is 29.1 Å². The van der Waals surface area contributed by atoms with E-state index in [-0.39, 0.29) is 12.1 Å². The Kier molecular flexibility index (Phi) is 8.15. The van der Waals surface area contributed by atoms with Crippen LogP contribution in [-0.2, 0) is 4.74 Å². The average Bonchev–Trinajstić information content (AvgIpc) is 2.96. The number of rotatable bonds is 8. The number of nitrogens with zero attached hydrogens (tertiary/aromatic N) is 2. The van der Waals surface area contributed by atoms with E-state index in [4.69, 9.17) is 42.1 Å². The Labute approximate surface area is 236 Å². The summed E-state index contributed by atoms with van der Waals surface area (Å²) in [4.78, 5) is 4.56. The minimum absolute atomic E-state index is 0.0784. The lowest BCUT2D eigenvalue weighted by Crippen LogP contribution is -2.50. The highest BCUT2D eigenvalue weighted by Crippen LogP contribution is 2.40. The third kappa shape index (κ3) is 5.49. The SMILES string of the molecule is CCC(Oc1cc2cc3ncc(C#N)c(Nc4cc(OC)c(Cl)cc4Cl)c3cc2cc1OC)C1COCCN1. The van der Waals surface area contributed by atoms with E-state index in [1.807, 2.05) is 24.3 Å². The number of hydrogen-bond donors (Lipinski definition) is 2. The summed E-state index contributed by atoms with van der Waals surface area (Å²) in [5, 5.41) is 20.0. The van der Waals surface area contributed by atoms with Crippen molar-refractivity contribution < 1.29 is 18.9 Å². The van der Waals surface area contributed by atoms with Gasteiger partial charge in [0.25, 0.3) is 0 Å². The van der Waals surface area contributed by atoms with Gasteiger partial charge in [-0.05, 0) is 47.5 Å². The van der Waals surface area contributed by atoms with Crippen LogP contribution >= 0.6 is 23.2 Å². The van der Waals surface area contributed by atoms with E-state index in [9.17, 15) is 5.26 Å². The molecule has 2 heterocycles. The van der Waals surface area contributed by atoms with Gasteiger partial charge in [-0.3, -0.25) is 4.98 Å². The summed E-state index contributed by atoms with van der Waals surface area (Å²) < 4.78 is 23.2. The summed E-state index contributed by atoms with van der Waals surface area (Å²) in [5.74, 6) is 1.72. The molecule has 202 valence electrons. The molecule has 1 aliphatic heterocycles. The first-order valence-corrected chi connectivity index (χ1v) is 13.3. The molecule has 1 aliphatic rings. The number of aromatic nitrogens is 1.